The lowest BCUT2D eigenvalue weighted by molar-refractivity contribution is -0.122. The predicted octanol–water partition coefficient (Wildman–Crippen LogP) is 6.70. The second-order valence-electron chi connectivity index (χ2n) is 22.1. The summed E-state index contributed by atoms with van der Waals surface area (Å²) in [5.41, 5.74) is 11.4. The molecule has 0 aliphatic carbocycles. The van der Waals surface area contributed by atoms with Crippen molar-refractivity contribution in [2.75, 3.05) is 126 Å². The summed E-state index contributed by atoms with van der Waals surface area (Å²) >= 11 is 1.40. The van der Waals surface area contributed by atoms with Gasteiger partial charge >= 0.3 is 0 Å². The number of rotatable bonds is 35. The smallest absolute Gasteiger partial charge is 0.257 e. The predicted molar refractivity (Wildman–Crippen MR) is 334 cm³/mol. The van der Waals surface area contributed by atoms with Crippen molar-refractivity contribution in [2.45, 2.75) is 102 Å². The number of amides is 4. The molecule has 88 heavy (non-hydrogen) atoms. The molecule has 2 aromatic heterocycles. The van der Waals surface area contributed by atoms with E-state index in [1.54, 1.807) is 48.3 Å². The Morgan fingerprint density at radius 3 is 2.05 bits per heavy atom. The van der Waals surface area contributed by atoms with Crippen LogP contribution in [-0.2, 0) is 48.3 Å². The summed E-state index contributed by atoms with van der Waals surface area (Å²) in [6, 6.07) is 11.5. The molecule has 4 aromatic rings. The molecule has 0 unspecified atom stereocenters. The second-order valence-corrected chi connectivity index (χ2v) is 23.8. The Hall–Kier alpha value is -7.55. The van der Waals surface area contributed by atoms with Crippen LogP contribution in [0.1, 0.15) is 92.4 Å². The van der Waals surface area contributed by atoms with Gasteiger partial charge in [0.15, 0.2) is 28.9 Å². The van der Waals surface area contributed by atoms with E-state index >= 15 is 0 Å². The van der Waals surface area contributed by atoms with Crippen LogP contribution in [0, 0.1) is 0 Å². The number of carbonyl (C=O) groups is 4. The van der Waals surface area contributed by atoms with Gasteiger partial charge < -0.3 is 83.9 Å². The highest BCUT2D eigenvalue weighted by atomic mass is 32.2. The number of nitrogens with two attached hydrogens (primary N) is 1. The fourth-order valence-electron chi connectivity index (χ4n) is 10.3. The monoisotopic (exact) mass is 1240 g/mol. The van der Waals surface area contributed by atoms with Gasteiger partial charge in [-0.2, -0.15) is 0 Å². The van der Waals surface area contributed by atoms with E-state index in [9.17, 15) is 29.4 Å². The number of thioether (sulfide) groups is 1. The summed E-state index contributed by atoms with van der Waals surface area (Å²) < 4.78 is 53.3. The molecular weight excluding hydrogens is 1150 g/mol. The van der Waals surface area contributed by atoms with Crippen LogP contribution in [0.4, 0.5) is 11.4 Å². The van der Waals surface area contributed by atoms with Gasteiger partial charge in [-0.3, -0.25) is 33.7 Å². The Kier molecular flexibility index (Phi) is 25.6. The number of likely N-dealkylation sites (N-methyl/N-ethyl adjacent to an activating group) is 1. The van der Waals surface area contributed by atoms with Gasteiger partial charge in [0.05, 0.1) is 106 Å². The number of ether oxygens (including phenoxy) is 9. The molecule has 25 heteroatoms. The van der Waals surface area contributed by atoms with E-state index in [1.165, 1.54) is 47.8 Å². The summed E-state index contributed by atoms with van der Waals surface area (Å²) in [7, 11) is 6.56. The molecule has 24 nitrogen and oxygen atoms in total. The molecule has 0 saturated carbocycles. The second kappa shape index (κ2) is 33.2. The molecule has 2 fully saturated rings. The molecule has 0 spiro atoms. The molecule has 3 aliphatic rings. The highest BCUT2D eigenvalue weighted by molar-refractivity contribution is 8.00. The molecule has 2 atom stereocenters. The summed E-state index contributed by atoms with van der Waals surface area (Å²) in [6.45, 7) is 15.6. The van der Waals surface area contributed by atoms with Crippen molar-refractivity contribution in [3.8, 4) is 40.5 Å². The molecule has 0 bridgehead atoms. The highest BCUT2D eigenvalue weighted by Gasteiger charge is 2.35. The quantitative estimate of drug-likeness (QED) is 0.0139. The first-order valence-electron chi connectivity index (χ1n) is 29.6. The van der Waals surface area contributed by atoms with E-state index in [0.29, 0.717) is 141 Å². The maximum Gasteiger partial charge on any atom is 0.257 e. The summed E-state index contributed by atoms with van der Waals surface area (Å²) in [5.74, 6) is 0.907. The fourth-order valence-corrected chi connectivity index (χ4v) is 11.6. The zero-order chi connectivity index (χ0) is 63.3. The van der Waals surface area contributed by atoms with Crippen LogP contribution in [0.15, 0.2) is 75.7 Å². The molecule has 6 N–H and O–H groups in total. The number of aromatic nitrogens is 2. The number of aliphatic imine (C=N–C) groups is 1. The Labute approximate surface area is 519 Å². The number of fused-ring (bicyclic) bond motifs is 2. The Balaban J connectivity index is 0.919. The third kappa shape index (κ3) is 19.2. The van der Waals surface area contributed by atoms with E-state index in [-0.39, 0.29) is 99.1 Å². The minimum Gasteiger partial charge on any atom is -0.494 e. The number of nitrogens with one attached hydrogen (secondary N) is 2. The van der Waals surface area contributed by atoms with Gasteiger partial charge in [0, 0.05) is 112 Å². The SMILES string of the molecule is CC=C1C[C@@H](C)N(C(=O)c2cc(OC)c(OCc3cc(OCCN(C)CC(C)(C)Sc4cc(O)n(CCC(=O)NCCOCCOCCOCCOCCC(=O)NC)c4O)cc(COc4cc5c(cc4OC)C(=O)N4CC(=CC)C[C@@H]4C=N5)n3)cc2N)C1. The van der Waals surface area contributed by atoms with E-state index in [0.717, 1.165) is 12.8 Å². The molecule has 480 valence electrons. The van der Waals surface area contributed by atoms with E-state index in [1.807, 2.05) is 64.9 Å². The highest BCUT2D eigenvalue weighted by Crippen LogP contribution is 2.43. The number of benzene rings is 2. The first-order valence-corrected chi connectivity index (χ1v) is 30.4. The molecule has 4 amide bonds. The van der Waals surface area contributed by atoms with Crippen molar-refractivity contribution in [3.05, 3.63) is 88.3 Å². The largest absolute Gasteiger partial charge is 0.494 e. The first kappa shape index (κ1) is 67.9. The lowest BCUT2D eigenvalue weighted by Gasteiger charge is -2.29. The number of anilines is 1. The van der Waals surface area contributed by atoms with Crippen molar-refractivity contribution < 1.29 is 72.0 Å². The van der Waals surface area contributed by atoms with Crippen molar-refractivity contribution >= 4 is 53.0 Å². The van der Waals surface area contributed by atoms with Crippen molar-refractivity contribution in [1.29, 1.82) is 0 Å². The standard InChI is InChI=1S/C63H87N9O15S/c1-10-42-26-41(3)71(36-42)60(76)48-30-52(79-8)54(32-50(48)64)86-38-44-28-47(29-45(68-44)39-87-55-33-51-49(31-53(55)80-9)61(77)72-37-43(11-2)27-46(72)35-67-51)85-19-16-69(7)40-63(4,5)88-56-34-59(75)70(62(56)78)15-12-58(74)66-14-18-82-21-23-84-25-24-83-22-20-81-17-13-57(73)65-6/h10-11,28-35,41,46,75,78H,12-27,36-40,64H2,1-9H3,(H,65,73)(H,66,74)/t41-,46-/m1/s1. The number of methoxy groups -OCH3 is 2. The molecule has 2 saturated heterocycles. The Morgan fingerprint density at radius 1 is 0.784 bits per heavy atom. The van der Waals surface area contributed by atoms with Crippen LogP contribution < -0.4 is 40.1 Å². The maximum absolute atomic E-state index is 13.8. The third-order valence-electron chi connectivity index (χ3n) is 15.0. The number of nitrogens with zero attached hydrogens (tertiary/aromatic N) is 6. The summed E-state index contributed by atoms with van der Waals surface area (Å²) in [6.07, 6.45) is 7.75. The van der Waals surface area contributed by atoms with Gasteiger partial charge in [0.25, 0.3) is 11.8 Å². The summed E-state index contributed by atoms with van der Waals surface area (Å²) in [5, 5.41) is 27.4. The number of carbonyl (C=O) groups excluding carboxylic acids is 4. The minimum absolute atomic E-state index is 0.0194. The zero-order valence-corrected chi connectivity index (χ0v) is 53.0. The van der Waals surface area contributed by atoms with Crippen LogP contribution >= 0.6 is 11.8 Å². The van der Waals surface area contributed by atoms with E-state index in [2.05, 4.69) is 15.5 Å². The average molecular weight is 1240 g/mol. The minimum atomic E-state index is -0.460. The van der Waals surface area contributed by atoms with Crippen LogP contribution in [0.25, 0.3) is 0 Å². The molecule has 3 aliphatic heterocycles. The molecular formula is C63H87N9O15S. The number of aromatic hydroxyl groups is 2. The van der Waals surface area contributed by atoms with Crippen LogP contribution in [0.5, 0.6) is 40.5 Å². The molecule has 2 aromatic carbocycles. The molecule has 7 rings (SSSR count). The number of allylic oxidation sites excluding steroid dienone is 2. The van der Waals surface area contributed by atoms with E-state index < -0.39 is 4.75 Å². The molecule has 5 heterocycles. The number of hydrogen-bond donors (Lipinski definition) is 5. The Bertz CT molecular complexity index is 3130. The maximum atomic E-state index is 13.8. The topological polar surface area (TPSA) is 282 Å². The van der Waals surface area contributed by atoms with E-state index in [4.69, 9.17) is 58.3 Å². The number of likely N-dealkylation sites (tertiary alicyclic amines) is 1. The first-order chi connectivity index (χ1) is 42.3. The van der Waals surface area contributed by atoms with Crippen LogP contribution in [-0.4, -0.2) is 202 Å². The third-order valence-corrected chi connectivity index (χ3v) is 16.2. The van der Waals surface area contributed by atoms with Gasteiger partial charge in [0.1, 0.15) is 25.6 Å². The van der Waals surface area contributed by atoms with Crippen molar-refractivity contribution in [3.63, 3.8) is 0 Å². The normalized spacial score (nSPS) is 16.5. The van der Waals surface area contributed by atoms with Gasteiger partial charge in [-0.1, -0.05) is 23.3 Å². The van der Waals surface area contributed by atoms with Crippen LogP contribution in [0.2, 0.25) is 0 Å². The number of nitrogen functional groups attached to an aromatic ring is 1. The average Bonchev–Trinajstić information content (AvgIpc) is 4.37. The van der Waals surface area contributed by atoms with Gasteiger partial charge in [-0.05, 0) is 66.6 Å². The Morgan fingerprint density at radius 2 is 1.41 bits per heavy atom. The van der Waals surface area contributed by atoms with Gasteiger partial charge in [-0.15, -0.1) is 11.8 Å². The molecule has 0 radical (unpaired) electrons. The zero-order valence-electron chi connectivity index (χ0n) is 52.1. The van der Waals surface area contributed by atoms with Crippen molar-refractivity contribution in [2.24, 2.45) is 4.99 Å². The number of pyridine rings is 1. The fraction of sp³-hybridized carbons (Fsp3) is 0.524. The lowest BCUT2D eigenvalue weighted by Crippen LogP contribution is -2.36. The summed E-state index contributed by atoms with van der Waals surface area (Å²) in [4.78, 5) is 67.3. The van der Waals surface area contributed by atoms with Gasteiger partial charge in [0.2, 0.25) is 17.7 Å². The number of hydrogen-bond acceptors (Lipinski definition) is 20. The van der Waals surface area contributed by atoms with Crippen molar-refractivity contribution in [1.82, 2.24) is 34.9 Å². The van der Waals surface area contributed by atoms with Crippen LogP contribution in [0.3, 0.4) is 0 Å². The lowest BCUT2D eigenvalue weighted by atomic mass is 10.1. The van der Waals surface area contributed by atoms with Gasteiger partial charge in [-0.25, -0.2) is 0 Å².